The molecule has 0 radical (unpaired) electrons. The molecule has 0 aliphatic carbocycles. The van der Waals surface area contributed by atoms with Crippen molar-refractivity contribution in [3.63, 3.8) is 0 Å². The van der Waals surface area contributed by atoms with Crippen LogP contribution in [-0.4, -0.2) is 0 Å². The van der Waals surface area contributed by atoms with Gasteiger partial charge in [0.1, 0.15) is 0 Å². The first-order valence-corrected chi connectivity index (χ1v) is 0. The summed E-state index contributed by atoms with van der Waals surface area (Å²) >= 11 is 0. The van der Waals surface area contributed by atoms with Crippen molar-refractivity contribution in [1.29, 1.82) is 0 Å². The van der Waals surface area contributed by atoms with E-state index in [1.54, 1.807) is 0 Å². The number of rotatable bonds is 0. The quantitative estimate of drug-likeness (QED) is 0.351. The predicted octanol–water partition coefficient (Wildman–Crippen LogP) is 3.18. The van der Waals surface area contributed by atoms with E-state index in [9.17, 15) is 0 Å². The van der Waals surface area contributed by atoms with Crippen molar-refractivity contribution in [2.45, 2.75) is 37.1 Å². The summed E-state index contributed by atoms with van der Waals surface area (Å²) in [5.41, 5.74) is 0. The monoisotopic (exact) mass is 1270 g/mol. The zero-order valence-electron chi connectivity index (χ0n) is 2.50. The molecule has 0 aromatic heterocycles. The molecule has 0 saturated carbocycles. The van der Waals surface area contributed by atoms with Crippen LogP contribution in [0.25, 0.3) is 0 Å². The minimum Gasteiger partial charge on any atom is -0.0776 e. The fraction of sp³-hybridized carbons (Fsp3) is 1.00. The molecule has 0 fully saturated rings. The topological polar surface area (TPSA) is 0 Å². The Bertz CT molecular complexity index is 10.0. The van der Waals surface area contributed by atoms with Crippen LogP contribution in [0.15, 0.2) is 0 Å². The molecular formula is C5H20U5. The van der Waals surface area contributed by atoms with Crippen LogP contribution in [0.4, 0.5) is 0 Å². The molecule has 0 unspecified atom stereocenters. The Labute approximate surface area is 188 Å². The summed E-state index contributed by atoms with van der Waals surface area (Å²) in [5, 5.41) is 0. The molecule has 0 spiro atoms. The first kappa shape index (κ1) is 112. The maximum atomic E-state index is 0. The van der Waals surface area contributed by atoms with Gasteiger partial charge in [-0.3, -0.25) is 0 Å². The van der Waals surface area contributed by atoms with E-state index in [1.807, 2.05) is 0 Å². The van der Waals surface area contributed by atoms with Gasteiger partial charge >= 0.3 is 0 Å². The van der Waals surface area contributed by atoms with E-state index in [0.29, 0.717) is 0 Å². The van der Waals surface area contributed by atoms with E-state index in [4.69, 9.17) is 0 Å². The number of hydrogen-bond donors (Lipinski definition) is 0. The summed E-state index contributed by atoms with van der Waals surface area (Å²) in [6.45, 7) is 0. The second-order valence-corrected chi connectivity index (χ2v) is 0. The summed E-state index contributed by atoms with van der Waals surface area (Å²) in [6, 6.07) is 0. The largest absolute Gasteiger partial charge is 0.0776 e. The first-order valence-electron chi connectivity index (χ1n) is 0. The number of hydrogen-bond acceptors (Lipinski definition) is 0. The van der Waals surface area contributed by atoms with Crippen LogP contribution in [0, 0.1) is 156 Å². The maximum Gasteiger partial charge on any atom is 0 e. The summed E-state index contributed by atoms with van der Waals surface area (Å²) in [7, 11) is 0. The van der Waals surface area contributed by atoms with Crippen LogP contribution in [0.3, 0.4) is 0 Å². The van der Waals surface area contributed by atoms with Crippen LogP contribution in [0.2, 0.25) is 0 Å². The van der Waals surface area contributed by atoms with Gasteiger partial charge in [-0.1, -0.05) is 37.1 Å². The first-order chi connectivity index (χ1) is 0. The Morgan fingerprint density at radius 2 is 0.200 bits per heavy atom. The van der Waals surface area contributed by atoms with E-state index in [2.05, 4.69) is 0 Å². The van der Waals surface area contributed by atoms with Gasteiger partial charge in [0, 0.05) is 156 Å². The normalized spacial score (nSPS) is 0. The maximum absolute atomic E-state index is 0. The van der Waals surface area contributed by atoms with Crippen LogP contribution < -0.4 is 0 Å². The van der Waals surface area contributed by atoms with Gasteiger partial charge < -0.3 is 0 Å². The molecule has 0 nitrogen and oxygen atoms in total. The Kier molecular flexibility index (Phi) is 1020. The third-order valence-corrected chi connectivity index (χ3v) is 0. The molecule has 0 aliphatic rings. The Morgan fingerprint density at radius 3 is 0.200 bits per heavy atom. The summed E-state index contributed by atoms with van der Waals surface area (Å²) in [5.74, 6) is 0. The van der Waals surface area contributed by atoms with Crippen molar-refractivity contribution in [3.05, 3.63) is 0 Å². The Hall–Kier alpha value is 5.26. The van der Waals surface area contributed by atoms with E-state index < -0.39 is 0 Å². The summed E-state index contributed by atoms with van der Waals surface area (Å²) < 4.78 is 0. The summed E-state index contributed by atoms with van der Waals surface area (Å²) in [4.78, 5) is 0. The SMILES string of the molecule is C.C.C.C.C.[U].[U].[U].[U].[U]. The van der Waals surface area contributed by atoms with Crippen molar-refractivity contribution in [2.24, 2.45) is 0 Å². The van der Waals surface area contributed by atoms with Crippen molar-refractivity contribution in [2.75, 3.05) is 0 Å². The van der Waals surface area contributed by atoms with E-state index in [-0.39, 0.29) is 193 Å². The molecule has 60 valence electrons. The zero-order valence-corrected chi connectivity index (χ0v) is 23.3. The van der Waals surface area contributed by atoms with Gasteiger partial charge in [-0.15, -0.1) is 0 Å². The van der Waals surface area contributed by atoms with Gasteiger partial charge in [-0.2, -0.15) is 0 Å². The minimum absolute atomic E-state index is 0. The molecule has 0 aromatic rings. The third kappa shape index (κ3) is 72.0. The molecule has 0 amide bonds. The van der Waals surface area contributed by atoms with Gasteiger partial charge in [0.25, 0.3) is 0 Å². The van der Waals surface area contributed by atoms with Crippen molar-refractivity contribution < 1.29 is 156 Å². The van der Waals surface area contributed by atoms with Gasteiger partial charge in [0.05, 0.1) is 0 Å². The molecule has 0 aliphatic heterocycles. The second-order valence-electron chi connectivity index (χ2n) is 0. The van der Waals surface area contributed by atoms with Gasteiger partial charge in [-0.25, -0.2) is 0 Å². The Balaban J connectivity index is 0. The molecule has 0 rings (SSSR count). The average Bonchev–Trinajstić information content (AvgIpc) is 0. The van der Waals surface area contributed by atoms with Gasteiger partial charge in [-0.05, 0) is 0 Å². The summed E-state index contributed by atoms with van der Waals surface area (Å²) in [6.07, 6.45) is 0. The van der Waals surface area contributed by atoms with Crippen molar-refractivity contribution >= 4 is 0 Å². The molecule has 0 saturated heterocycles. The van der Waals surface area contributed by atoms with Crippen LogP contribution in [-0.2, 0) is 0 Å². The van der Waals surface area contributed by atoms with Gasteiger partial charge in [0.15, 0.2) is 0 Å². The third-order valence-electron chi connectivity index (χ3n) is 0. The molecule has 0 aromatic carbocycles. The van der Waals surface area contributed by atoms with Gasteiger partial charge in [0.2, 0.25) is 0 Å². The predicted molar refractivity (Wildman–Crippen MR) is 33.7 cm³/mol. The molecule has 0 atom stereocenters. The molecule has 0 heterocycles. The zero-order chi connectivity index (χ0) is 0. The minimum atomic E-state index is 0. The molecule has 0 bridgehead atoms. The fourth-order valence-corrected chi connectivity index (χ4v) is 0. The molecule has 5 heteroatoms. The average molecular weight is 1270 g/mol. The van der Waals surface area contributed by atoms with E-state index >= 15 is 0 Å². The second kappa shape index (κ2) is 90.6. The van der Waals surface area contributed by atoms with Crippen molar-refractivity contribution in [1.82, 2.24) is 0 Å². The van der Waals surface area contributed by atoms with Crippen LogP contribution in [0.5, 0.6) is 0 Å². The van der Waals surface area contributed by atoms with Crippen molar-refractivity contribution in [3.8, 4) is 0 Å². The molecular weight excluding hydrogens is 1250 g/mol. The smallest absolute Gasteiger partial charge is 0 e. The molecule has 0 N–H and O–H groups in total. The Morgan fingerprint density at radius 1 is 0.200 bits per heavy atom. The molecule has 10 heavy (non-hydrogen) atoms. The van der Waals surface area contributed by atoms with Crippen LogP contribution in [0.1, 0.15) is 37.1 Å². The van der Waals surface area contributed by atoms with E-state index in [1.165, 1.54) is 0 Å². The standard InChI is InChI=1S/5CH4.5U/h5*1H4;;;;;. The van der Waals surface area contributed by atoms with Crippen LogP contribution >= 0.6 is 0 Å². The fourth-order valence-electron chi connectivity index (χ4n) is 0. The van der Waals surface area contributed by atoms with E-state index in [0.717, 1.165) is 0 Å².